The Bertz CT molecular complexity index is 613. The number of alkyl carbamates (subject to hydrolysis) is 1. The number of hydrogen-bond acceptors (Lipinski definition) is 4. The van der Waals surface area contributed by atoms with E-state index in [0.717, 1.165) is 0 Å². The van der Waals surface area contributed by atoms with E-state index in [1.165, 1.54) is 0 Å². The van der Waals surface area contributed by atoms with Gasteiger partial charge >= 0.3 is 6.09 Å². The van der Waals surface area contributed by atoms with Gasteiger partial charge in [-0.05, 0) is 32.9 Å². The summed E-state index contributed by atoms with van der Waals surface area (Å²) in [7, 11) is 0. The van der Waals surface area contributed by atoms with Crippen LogP contribution in [0.25, 0.3) is 0 Å². The van der Waals surface area contributed by atoms with E-state index >= 15 is 0 Å². The minimum Gasteiger partial charge on any atom is -0.444 e. The van der Waals surface area contributed by atoms with Gasteiger partial charge in [-0.25, -0.2) is 4.79 Å². The molecule has 0 aliphatic carbocycles. The Kier molecular flexibility index (Phi) is 5.63. The molecule has 0 spiro atoms. The lowest BCUT2D eigenvalue weighted by molar-refractivity contribution is 0.0529. The highest BCUT2D eigenvalue weighted by atomic mass is 16.6. The molecule has 110 valence electrons. The predicted molar refractivity (Wildman–Crippen MR) is 81.3 cm³/mol. The lowest BCUT2D eigenvalue weighted by Gasteiger charge is -2.19. The maximum atomic E-state index is 11.4. The molecule has 0 fully saturated rings. The van der Waals surface area contributed by atoms with Gasteiger partial charge in [0, 0.05) is 18.5 Å². The van der Waals surface area contributed by atoms with E-state index < -0.39 is 11.7 Å². The Hall–Kier alpha value is -2.66. The summed E-state index contributed by atoms with van der Waals surface area (Å²) in [5.41, 5.74) is 6.57. The predicted octanol–water partition coefficient (Wildman–Crippen LogP) is 2.41. The number of nitrogens with two attached hydrogens (primary N) is 1. The lowest BCUT2D eigenvalue weighted by Crippen LogP contribution is -2.32. The third kappa shape index (κ3) is 5.88. The number of anilines is 1. The van der Waals surface area contributed by atoms with Crippen molar-refractivity contribution in [2.75, 3.05) is 12.3 Å². The Morgan fingerprint density at radius 2 is 2.14 bits per heavy atom. The normalized spacial score (nSPS) is 10.0. The molecule has 0 heterocycles. The van der Waals surface area contributed by atoms with Crippen molar-refractivity contribution in [1.82, 2.24) is 5.32 Å². The first-order chi connectivity index (χ1) is 9.83. The quantitative estimate of drug-likeness (QED) is 0.496. The number of carbonyl (C=O) groups excluding carboxylic acids is 1. The topological polar surface area (TPSA) is 88.1 Å². The van der Waals surface area contributed by atoms with Gasteiger partial charge in [-0.2, -0.15) is 5.26 Å². The zero-order valence-corrected chi connectivity index (χ0v) is 12.5. The fourth-order valence-corrected chi connectivity index (χ4v) is 1.50. The molecule has 5 nitrogen and oxygen atoms in total. The van der Waals surface area contributed by atoms with Crippen LogP contribution in [0, 0.1) is 23.2 Å². The number of nitrogen functional groups attached to an aromatic ring is 1. The number of carbonyl (C=O) groups is 1. The van der Waals surface area contributed by atoms with Crippen molar-refractivity contribution in [2.45, 2.75) is 32.8 Å². The van der Waals surface area contributed by atoms with Crippen molar-refractivity contribution in [3.63, 3.8) is 0 Å². The smallest absolute Gasteiger partial charge is 0.407 e. The molecular formula is C16H19N3O2. The highest BCUT2D eigenvalue weighted by molar-refractivity contribution is 5.67. The second-order valence-electron chi connectivity index (χ2n) is 5.36. The third-order valence-electron chi connectivity index (χ3n) is 2.35. The molecule has 3 N–H and O–H groups in total. The third-order valence-corrected chi connectivity index (χ3v) is 2.35. The first kappa shape index (κ1) is 16.4. The van der Waals surface area contributed by atoms with Gasteiger partial charge in [0.25, 0.3) is 0 Å². The number of benzene rings is 1. The van der Waals surface area contributed by atoms with Crippen molar-refractivity contribution in [2.24, 2.45) is 0 Å². The summed E-state index contributed by atoms with van der Waals surface area (Å²) in [4.78, 5) is 11.4. The van der Waals surface area contributed by atoms with Crippen molar-refractivity contribution >= 4 is 11.8 Å². The zero-order valence-electron chi connectivity index (χ0n) is 12.5. The van der Waals surface area contributed by atoms with Crippen molar-refractivity contribution in [3.05, 3.63) is 29.3 Å². The van der Waals surface area contributed by atoms with Crippen molar-refractivity contribution in [3.8, 4) is 17.9 Å². The van der Waals surface area contributed by atoms with E-state index in [9.17, 15) is 4.79 Å². The van der Waals surface area contributed by atoms with Crippen LogP contribution in [0.1, 0.15) is 38.3 Å². The summed E-state index contributed by atoms with van der Waals surface area (Å²) in [6.07, 6.45) is -0.00944. The fraction of sp³-hybridized carbons (Fsp3) is 0.375. The first-order valence-corrected chi connectivity index (χ1v) is 6.58. The average molecular weight is 285 g/mol. The number of rotatable bonds is 2. The van der Waals surface area contributed by atoms with Crippen LogP contribution >= 0.6 is 0 Å². The van der Waals surface area contributed by atoms with Crippen LogP contribution in [0.5, 0.6) is 0 Å². The highest BCUT2D eigenvalue weighted by Gasteiger charge is 2.15. The molecule has 0 radical (unpaired) electrons. The van der Waals surface area contributed by atoms with Gasteiger partial charge in [0.05, 0.1) is 11.3 Å². The van der Waals surface area contributed by atoms with Crippen LogP contribution in [0.15, 0.2) is 18.2 Å². The summed E-state index contributed by atoms with van der Waals surface area (Å²) in [6.45, 7) is 5.78. The monoisotopic (exact) mass is 285 g/mol. The van der Waals surface area contributed by atoms with Crippen LogP contribution in [-0.4, -0.2) is 18.2 Å². The van der Waals surface area contributed by atoms with E-state index in [4.69, 9.17) is 15.7 Å². The molecule has 0 saturated heterocycles. The van der Waals surface area contributed by atoms with Crippen LogP contribution in [-0.2, 0) is 4.74 Å². The standard InChI is InChI=1S/C16H19N3O2/c1-16(2,3)21-15(20)19-10-5-4-7-12-8-6-9-14(18)13(12)11-17/h6,8-9H,5,10,18H2,1-3H3,(H,19,20). The zero-order chi connectivity index (χ0) is 15.9. The maximum absolute atomic E-state index is 11.4. The molecule has 0 aliphatic rings. The summed E-state index contributed by atoms with van der Waals surface area (Å²) in [5.74, 6) is 5.78. The molecule has 0 saturated carbocycles. The molecule has 0 atom stereocenters. The van der Waals surface area contributed by atoms with E-state index in [1.807, 2.05) is 6.07 Å². The Balaban J connectivity index is 2.50. The van der Waals surface area contributed by atoms with E-state index in [0.29, 0.717) is 29.8 Å². The Labute approximate surface area is 125 Å². The van der Waals surface area contributed by atoms with E-state index in [2.05, 4.69) is 17.2 Å². The van der Waals surface area contributed by atoms with Crippen LogP contribution in [0.4, 0.5) is 10.5 Å². The maximum Gasteiger partial charge on any atom is 0.407 e. The van der Waals surface area contributed by atoms with Crippen LogP contribution in [0.2, 0.25) is 0 Å². The fourth-order valence-electron chi connectivity index (χ4n) is 1.50. The number of nitrogens with zero attached hydrogens (tertiary/aromatic N) is 1. The molecule has 0 bridgehead atoms. The molecule has 1 aromatic carbocycles. The number of hydrogen-bond donors (Lipinski definition) is 2. The SMILES string of the molecule is CC(C)(C)OC(=O)NCCC#Cc1cccc(N)c1C#N. The average Bonchev–Trinajstić information content (AvgIpc) is 2.36. The molecule has 0 aliphatic heterocycles. The molecule has 0 aromatic heterocycles. The van der Waals surface area contributed by atoms with Crippen LogP contribution in [0.3, 0.4) is 0 Å². The van der Waals surface area contributed by atoms with Crippen LogP contribution < -0.4 is 11.1 Å². The second kappa shape index (κ2) is 7.21. The van der Waals surface area contributed by atoms with E-state index in [-0.39, 0.29) is 0 Å². The molecular weight excluding hydrogens is 266 g/mol. The number of ether oxygens (including phenoxy) is 1. The Morgan fingerprint density at radius 1 is 1.43 bits per heavy atom. The first-order valence-electron chi connectivity index (χ1n) is 6.58. The molecule has 21 heavy (non-hydrogen) atoms. The number of nitrogens with one attached hydrogen (secondary N) is 1. The molecule has 1 aromatic rings. The number of nitriles is 1. The summed E-state index contributed by atoms with van der Waals surface area (Å²) in [5, 5.41) is 11.6. The molecule has 1 amide bonds. The lowest BCUT2D eigenvalue weighted by atomic mass is 10.1. The van der Waals surface area contributed by atoms with Gasteiger partial charge in [0.1, 0.15) is 11.7 Å². The molecule has 5 heteroatoms. The van der Waals surface area contributed by atoms with Gasteiger partial charge < -0.3 is 15.8 Å². The summed E-state index contributed by atoms with van der Waals surface area (Å²) < 4.78 is 5.10. The van der Waals surface area contributed by atoms with Crippen molar-refractivity contribution < 1.29 is 9.53 Å². The number of amides is 1. The second-order valence-corrected chi connectivity index (χ2v) is 5.36. The van der Waals surface area contributed by atoms with Crippen molar-refractivity contribution in [1.29, 1.82) is 5.26 Å². The molecule has 0 unspecified atom stereocenters. The largest absolute Gasteiger partial charge is 0.444 e. The van der Waals surface area contributed by atoms with Gasteiger partial charge in [-0.1, -0.05) is 17.9 Å². The highest BCUT2D eigenvalue weighted by Crippen LogP contribution is 2.14. The summed E-state index contributed by atoms with van der Waals surface area (Å²) in [6, 6.07) is 7.18. The van der Waals surface area contributed by atoms with Gasteiger partial charge in [0.15, 0.2) is 0 Å². The minimum atomic E-state index is -0.515. The Morgan fingerprint density at radius 3 is 2.76 bits per heavy atom. The summed E-state index contributed by atoms with van der Waals surface area (Å²) >= 11 is 0. The van der Waals surface area contributed by atoms with Gasteiger partial charge in [0.2, 0.25) is 0 Å². The minimum absolute atomic E-state index is 0.380. The van der Waals surface area contributed by atoms with E-state index in [1.54, 1.807) is 39.0 Å². The van der Waals surface area contributed by atoms with Gasteiger partial charge in [-0.15, -0.1) is 0 Å². The molecule has 1 rings (SSSR count). The van der Waals surface area contributed by atoms with Gasteiger partial charge in [-0.3, -0.25) is 0 Å².